The van der Waals surface area contributed by atoms with Gasteiger partial charge < -0.3 is 10.2 Å². The molecule has 0 unspecified atom stereocenters. The third-order valence-corrected chi connectivity index (χ3v) is 6.46. The molecule has 2 fully saturated rings. The third-order valence-electron chi connectivity index (χ3n) is 5.32. The van der Waals surface area contributed by atoms with Crippen LogP contribution in [0.25, 0.3) is 0 Å². The zero-order chi connectivity index (χ0) is 17.8. The molecule has 2 aromatic carbocycles. The van der Waals surface area contributed by atoms with Crippen LogP contribution >= 0.6 is 11.9 Å². The second kappa shape index (κ2) is 8.36. The smallest absolute Gasteiger partial charge is 0.0366 e. The van der Waals surface area contributed by atoms with E-state index in [1.807, 2.05) is 19.0 Å². The normalized spacial score (nSPS) is 17.5. The molecule has 1 saturated heterocycles. The summed E-state index contributed by atoms with van der Waals surface area (Å²) in [6, 6.07) is 18.7. The molecule has 2 aromatic rings. The topological polar surface area (TPSA) is 18.5 Å². The second-order valence-electron chi connectivity index (χ2n) is 7.39. The van der Waals surface area contributed by atoms with Gasteiger partial charge in [0.05, 0.1) is 0 Å². The molecule has 3 nitrogen and oxygen atoms in total. The van der Waals surface area contributed by atoms with Crippen molar-refractivity contribution in [3.05, 3.63) is 54.1 Å². The van der Waals surface area contributed by atoms with Crippen molar-refractivity contribution in [3.63, 3.8) is 0 Å². The van der Waals surface area contributed by atoms with Crippen molar-refractivity contribution in [2.45, 2.75) is 49.6 Å². The highest BCUT2D eigenvalue weighted by Crippen LogP contribution is 2.37. The van der Waals surface area contributed by atoms with E-state index in [0.717, 1.165) is 12.6 Å². The van der Waals surface area contributed by atoms with Crippen molar-refractivity contribution >= 4 is 23.3 Å². The lowest BCUT2D eigenvalue weighted by atomic mass is 10.1. The van der Waals surface area contributed by atoms with Crippen molar-refractivity contribution in [3.8, 4) is 0 Å². The molecule has 0 spiro atoms. The van der Waals surface area contributed by atoms with Gasteiger partial charge in [-0.25, -0.2) is 4.31 Å². The minimum atomic E-state index is 0.728. The van der Waals surface area contributed by atoms with Crippen LogP contribution in [-0.4, -0.2) is 30.5 Å². The number of benzene rings is 2. The highest BCUT2D eigenvalue weighted by Gasteiger charge is 2.30. The number of hydrogen-bond acceptors (Lipinski definition) is 4. The number of nitrogens with one attached hydrogen (secondary N) is 1. The first-order valence-corrected chi connectivity index (χ1v) is 10.7. The molecular weight excluding hydrogens is 338 g/mol. The summed E-state index contributed by atoms with van der Waals surface area (Å²) in [6.07, 6.45) is 6.71. The molecule has 4 rings (SSSR count). The molecular formula is C22H29N3S. The minimum Gasteiger partial charge on any atom is -0.388 e. The summed E-state index contributed by atoms with van der Waals surface area (Å²) in [7, 11) is 1.96. The van der Waals surface area contributed by atoms with Crippen LogP contribution in [0.5, 0.6) is 0 Å². The van der Waals surface area contributed by atoms with Crippen molar-refractivity contribution in [2.24, 2.45) is 0 Å². The molecule has 0 radical (unpaired) electrons. The van der Waals surface area contributed by atoms with Gasteiger partial charge in [0.2, 0.25) is 0 Å². The molecule has 2 aliphatic rings. The summed E-state index contributed by atoms with van der Waals surface area (Å²) in [5.41, 5.74) is 3.97. The first kappa shape index (κ1) is 17.7. The van der Waals surface area contributed by atoms with Gasteiger partial charge in [0.1, 0.15) is 0 Å². The molecule has 1 aliphatic heterocycles. The SMILES string of the molecule is CNc1ccc(SN(Cc2ccc(N3CCCCC3)cc2)C2CC2)cc1. The summed E-state index contributed by atoms with van der Waals surface area (Å²) in [5.74, 6) is 0. The van der Waals surface area contributed by atoms with E-state index in [1.165, 1.54) is 67.0 Å². The monoisotopic (exact) mass is 367 g/mol. The van der Waals surface area contributed by atoms with Crippen LogP contribution in [0.2, 0.25) is 0 Å². The highest BCUT2D eigenvalue weighted by molar-refractivity contribution is 7.97. The van der Waals surface area contributed by atoms with Gasteiger partial charge in [0.25, 0.3) is 0 Å². The average Bonchev–Trinajstić information content (AvgIpc) is 3.55. The van der Waals surface area contributed by atoms with Crippen molar-refractivity contribution < 1.29 is 0 Å². The lowest BCUT2D eigenvalue weighted by Gasteiger charge is -2.29. The maximum atomic E-state index is 3.19. The largest absolute Gasteiger partial charge is 0.388 e. The van der Waals surface area contributed by atoms with Crippen LogP contribution < -0.4 is 10.2 Å². The number of piperidine rings is 1. The summed E-state index contributed by atoms with van der Waals surface area (Å²) in [4.78, 5) is 3.85. The van der Waals surface area contributed by atoms with Gasteiger partial charge >= 0.3 is 0 Å². The number of nitrogens with zero attached hydrogens (tertiary/aromatic N) is 2. The first-order valence-electron chi connectivity index (χ1n) is 9.88. The van der Waals surface area contributed by atoms with Gasteiger partial charge in [-0.2, -0.15) is 0 Å². The molecule has 1 saturated carbocycles. The Hall–Kier alpha value is -1.65. The van der Waals surface area contributed by atoms with Gasteiger partial charge in [-0.05, 0) is 86.0 Å². The molecule has 0 atom stereocenters. The molecule has 1 N–H and O–H groups in total. The van der Waals surface area contributed by atoms with Crippen LogP contribution in [0.4, 0.5) is 11.4 Å². The number of rotatable bonds is 7. The maximum Gasteiger partial charge on any atom is 0.0366 e. The Morgan fingerprint density at radius 2 is 1.65 bits per heavy atom. The van der Waals surface area contributed by atoms with Crippen molar-refractivity contribution in [1.29, 1.82) is 0 Å². The summed E-state index contributed by atoms with van der Waals surface area (Å²) in [6.45, 7) is 3.45. The van der Waals surface area contributed by atoms with Crippen molar-refractivity contribution in [2.75, 3.05) is 30.4 Å². The lowest BCUT2D eigenvalue weighted by Crippen LogP contribution is -2.29. The Kier molecular flexibility index (Phi) is 5.71. The molecule has 1 heterocycles. The van der Waals surface area contributed by atoms with E-state index < -0.39 is 0 Å². The Balaban J connectivity index is 1.39. The molecule has 138 valence electrons. The molecule has 0 bridgehead atoms. The van der Waals surface area contributed by atoms with E-state index in [-0.39, 0.29) is 0 Å². The first-order chi connectivity index (χ1) is 12.8. The van der Waals surface area contributed by atoms with Gasteiger partial charge in [-0.15, -0.1) is 0 Å². The van der Waals surface area contributed by atoms with Crippen LogP contribution in [-0.2, 0) is 6.54 Å². The Morgan fingerprint density at radius 1 is 0.962 bits per heavy atom. The summed E-state index contributed by atoms with van der Waals surface area (Å²) in [5, 5.41) is 3.19. The third kappa shape index (κ3) is 4.54. The fourth-order valence-corrected chi connectivity index (χ4v) is 4.66. The Labute approximate surface area is 161 Å². The van der Waals surface area contributed by atoms with Gasteiger partial charge in [-0.1, -0.05) is 12.1 Å². The van der Waals surface area contributed by atoms with Gasteiger partial charge in [-0.3, -0.25) is 0 Å². The zero-order valence-electron chi connectivity index (χ0n) is 15.7. The van der Waals surface area contributed by atoms with E-state index in [9.17, 15) is 0 Å². The minimum absolute atomic E-state index is 0.728. The maximum absolute atomic E-state index is 3.19. The van der Waals surface area contributed by atoms with Crippen molar-refractivity contribution in [1.82, 2.24) is 4.31 Å². The van der Waals surface area contributed by atoms with E-state index in [2.05, 4.69) is 63.1 Å². The average molecular weight is 368 g/mol. The van der Waals surface area contributed by atoms with Crippen LogP contribution in [0, 0.1) is 0 Å². The quantitative estimate of drug-likeness (QED) is 0.661. The molecule has 0 amide bonds. The lowest BCUT2D eigenvalue weighted by molar-refractivity contribution is 0.458. The van der Waals surface area contributed by atoms with Gasteiger partial charge in [0.15, 0.2) is 0 Å². The van der Waals surface area contributed by atoms with E-state index in [4.69, 9.17) is 0 Å². The summed E-state index contributed by atoms with van der Waals surface area (Å²) >= 11 is 1.90. The van der Waals surface area contributed by atoms with Crippen LogP contribution in [0.15, 0.2) is 53.4 Å². The fourth-order valence-electron chi connectivity index (χ4n) is 3.56. The zero-order valence-corrected chi connectivity index (χ0v) is 16.5. The molecule has 4 heteroatoms. The van der Waals surface area contributed by atoms with Gasteiger partial charge in [0, 0.05) is 49.0 Å². The fraction of sp³-hybridized carbons (Fsp3) is 0.455. The predicted octanol–water partition coefficient (Wildman–Crippen LogP) is 5.39. The Bertz CT molecular complexity index is 688. The molecule has 26 heavy (non-hydrogen) atoms. The summed E-state index contributed by atoms with van der Waals surface area (Å²) < 4.78 is 2.56. The molecule has 1 aliphatic carbocycles. The number of hydrogen-bond donors (Lipinski definition) is 1. The standard InChI is InChI=1S/C22H29N3S/c1-23-19-7-13-22(14-8-19)26-25(21-11-12-21)17-18-5-9-20(10-6-18)24-15-3-2-4-16-24/h5-10,13-14,21,23H,2-4,11-12,15-17H2,1H3. The van der Waals surface area contributed by atoms with E-state index in [0.29, 0.717) is 0 Å². The Morgan fingerprint density at radius 3 is 2.27 bits per heavy atom. The van der Waals surface area contributed by atoms with E-state index >= 15 is 0 Å². The van der Waals surface area contributed by atoms with Crippen LogP contribution in [0.3, 0.4) is 0 Å². The number of anilines is 2. The van der Waals surface area contributed by atoms with Crippen LogP contribution in [0.1, 0.15) is 37.7 Å². The van der Waals surface area contributed by atoms with E-state index in [1.54, 1.807) is 0 Å². The predicted molar refractivity (Wildman–Crippen MR) is 113 cm³/mol. The highest BCUT2D eigenvalue weighted by atomic mass is 32.2. The second-order valence-corrected chi connectivity index (χ2v) is 8.51. The molecule has 0 aromatic heterocycles.